The van der Waals surface area contributed by atoms with Gasteiger partial charge < -0.3 is 4.74 Å². The maximum absolute atomic E-state index is 11.9. The van der Waals surface area contributed by atoms with Gasteiger partial charge in [-0.2, -0.15) is 0 Å². The lowest BCUT2D eigenvalue weighted by Gasteiger charge is -2.03. The van der Waals surface area contributed by atoms with Gasteiger partial charge in [-0.1, -0.05) is 17.7 Å². The van der Waals surface area contributed by atoms with Gasteiger partial charge in [0.1, 0.15) is 5.75 Å². The standard InChI is InChI=1S/C13H11ClO2S2/c1-16-9-3-2-4-10(7-9)17-8-11(15)12-5-6-13(14)18-12/h2-7H,8H2,1H3. The Labute approximate surface area is 119 Å². The summed E-state index contributed by atoms with van der Waals surface area (Å²) in [6.07, 6.45) is 0. The molecule has 94 valence electrons. The molecule has 1 aromatic carbocycles. The van der Waals surface area contributed by atoms with Gasteiger partial charge in [0.2, 0.25) is 0 Å². The van der Waals surface area contributed by atoms with E-state index in [9.17, 15) is 4.79 Å². The van der Waals surface area contributed by atoms with Gasteiger partial charge in [0.05, 0.1) is 22.1 Å². The lowest BCUT2D eigenvalue weighted by Crippen LogP contribution is -1.99. The van der Waals surface area contributed by atoms with Crippen molar-refractivity contribution in [3.05, 3.63) is 45.6 Å². The highest BCUT2D eigenvalue weighted by Crippen LogP contribution is 2.26. The van der Waals surface area contributed by atoms with E-state index in [1.54, 1.807) is 19.2 Å². The zero-order valence-corrected chi connectivity index (χ0v) is 12.1. The fraction of sp³-hybridized carbons (Fsp3) is 0.154. The summed E-state index contributed by atoms with van der Waals surface area (Å²) in [7, 11) is 1.63. The van der Waals surface area contributed by atoms with Crippen LogP contribution in [0.1, 0.15) is 9.67 Å². The van der Waals surface area contributed by atoms with Gasteiger partial charge in [-0.3, -0.25) is 4.79 Å². The van der Waals surface area contributed by atoms with Gasteiger partial charge in [-0.15, -0.1) is 23.1 Å². The zero-order chi connectivity index (χ0) is 13.0. The Morgan fingerprint density at radius 1 is 1.39 bits per heavy atom. The lowest BCUT2D eigenvalue weighted by molar-refractivity contribution is 0.102. The topological polar surface area (TPSA) is 26.3 Å². The van der Waals surface area contributed by atoms with Crippen molar-refractivity contribution in [2.45, 2.75) is 4.90 Å². The number of carbonyl (C=O) groups excluding carboxylic acids is 1. The van der Waals surface area contributed by atoms with Crippen LogP contribution in [0.4, 0.5) is 0 Å². The molecule has 0 amide bonds. The molecule has 0 aliphatic rings. The number of hydrogen-bond acceptors (Lipinski definition) is 4. The number of thiophene rings is 1. The molecule has 0 saturated carbocycles. The number of hydrogen-bond donors (Lipinski definition) is 0. The Hall–Kier alpha value is -0.970. The van der Waals surface area contributed by atoms with Crippen molar-refractivity contribution in [1.29, 1.82) is 0 Å². The Balaban J connectivity index is 1.97. The third-order valence-corrected chi connectivity index (χ3v) is 4.53. The van der Waals surface area contributed by atoms with Gasteiger partial charge in [0.15, 0.2) is 5.78 Å². The third-order valence-electron chi connectivity index (χ3n) is 2.26. The van der Waals surface area contributed by atoms with Crippen molar-refractivity contribution in [2.75, 3.05) is 12.9 Å². The molecule has 0 fully saturated rings. The van der Waals surface area contributed by atoms with Crippen LogP contribution < -0.4 is 4.74 Å². The van der Waals surface area contributed by atoms with Crippen molar-refractivity contribution < 1.29 is 9.53 Å². The average Bonchev–Trinajstić information content (AvgIpc) is 2.83. The molecule has 0 radical (unpaired) electrons. The molecule has 0 aliphatic carbocycles. The number of halogens is 1. The third kappa shape index (κ3) is 3.51. The number of methoxy groups -OCH3 is 1. The second-order valence-corrected chi connectivity index (χ2v) is 6.26. The smallest absolute Gasteiger partial charge is 0.183 e. The monoisotopic (exact) mass is 298 g/mol. The van der Waals surface area contributed by atoms with E-state index in [-0.39, 0.29) is 5.78 Å². The van der Waals surface area contributed by atoms with Crippen LogP contribution in [-0.4, -0.2) is 18.6 Å². The normalized spacial score (nSPS) is 10.3. The summed E-state index contributed by atoms with van der Waals surface area (Å²) < 4.78 is 5.78. The minimum absolute atomic E-state index is 0.0970. The van der Waals surface area contributed by atoms with E-state index < -0.39 is 0 Å². The summed E-state index contributed by atoms with van der Waals surface area (Å²) in [6.45, 7) is 0. The predicted molar refractivity (Wildman–Crippen MR) is 77.4 cm³/mol. The van der Waals surface area contributed by atoms with Crippen molar-refractivity contribution in [3.63, 3.8) is 0 Å². The number of Topliss-reactive ketones (excluding diaryl/α,β-unsaturated/α-hetero) is 1. The molecule has 0 saturated heterocycles. The summed E-state index contributed by atoms with van der Waals surface area (Å²) in [5, 5.41) is 0. The van der Waals surface area contributed by atoms with Crippen molar-refractivity contribution in [2.24, 2.45) is 0 Å². The number of ether oxygens (including phenoxy) is 1. The maximum atomic E-state index is 11.9. The first-order valence-electron chi connectivity index (χ1n) is 5.24. The van der Waals surface area contributed by atoms with Crippen LogP contribution >= 0.6 is 34.7 Å². The molecule has 0 atom stereocenters. The van der Waals surface area contributed by atoms with E-state index in [1.165, 1.54) is 23.1 Å². The second-order valence-electron chi connectivity index (χ2n) is 3.49. The second kappa shape index (κ2) is 6.27. The molecule has 18 heavy (non-hydrogen) atoms. The molecule has 1 aromatic heterocycles. The minimum atomic E-state index is 0.0970. The highest BCUT2D eigenvalue weighted by Gasteiger charge is 2.09. The number of rotatable bonds is 5. The zero-order valence-electron chi connectivity index (χ0n) is 9.68. The molecule has 0 N–H and O–H groups in total. The Kier molecular flexibility index (Phi) is 4.69. The van der Waals surface area contributed by atoms with Crippen molar-refractivity contribution in [3.8, 4) is 5.75 Å². The average molecular weight is 299 g/mol. The summed E-state index contributed by atoms with van der Waals surface area (Å²) in [5.41, 5.74) is 0. The van der Waals surface area contributed by atoms with Gasteiger partial charge in [0, 0.05) is 4.90 Å². The number of carbonyl (C=O) groups is 1. The number of ketones is 1. The van der Waals surface area contributed by atoms with E-state index in [4.69, 9.17) is 16.3 Å². The van der Waals surface area contributed by atoms with Gasteiger partial charge >= 0.3 is 0 Å². The van der Waals surface area contributed by atoms with Crippen molar-refractivity contribution in [1.82, 2.24) is 0 Å². The number of benzene rings is 1. The van der Waals surface area contributed by atoms with Crippen LogP contribution in [0, 0.1) is 0 Å². The fourth-order valence-corrected chi connectivity index (χ4v) is 3.27. The number of thioether (sulfide) groups is 1. The van der Waals surface area contributed by atoms with E-state index in [0.717, 1.165) is 10.6 Å². The maximum Gasteiger partial charge on any atom is 0.183 e. The predicted octanol–water partition coefficient (Wildman–Crippen LogP) is 4.39. The molecule has 2 nitrogen and oxygen atoms in total. The van der Waals surface area contributed by atoms with E-state index in [1.807, 2.05) is 24.3 Å². The molecule has 0 spiro atoms. The summed E-state index contributed by atoms with van der Waals surface area (Å²) in [4.78, 5) is 13.6. The molecule has 1 heterocycles. The molecular weight excluding hydrogens is 288 g/mol. The molecular formula is C13H11ClO2S2. The van der Waals surface area contributed by atoms with Gasteiger partial charge in [-0.05, 0) is 30.3 Å². The largest absolute Gasteiger partial charge is 0.497 e. The van der Waals surface area contributed by atoms with Crippen LogP contribution in [0.2, 0.25) is 4.34 Å². The van der Waals surface area contributed by atoms with E-state index >= 15 is 0 Å². The highest BCUT2D eigenvalue weighted by atomic mass is 35.5. The molecule has 2 rings (SSSR count). The van der Waals surface area contributed by atoms with E-state index in [2.05, 4.69) is 0 Å². The summed E-state index contributed by atoms with van der Waals surface area (Å²) in [6, 6.07) is 11.2. The molecule has 0 unspecified atom stereocenters. The van der Waals surface area contributed by atoms with Crippen LogP contribution in [0.15, 0.2) is 41.3 Å². The van der Waals surface area contributed by atoms with Crippen molar-refractivity contribution >= 4 is 40.5 Å². The fourth-order valence-electron chi connectivity index (χ4n) is 1.38. The summed E-state index contributed by atoms with van der Waals surface area (Å²) >= 11 is 8.62. The quantitative estimate of drug-likeness (QED) is 0.605. The first-order chi connectivity index (χ1) is 8.69. The molecule has 5 heteroatoms. The van der Waals surface area contributed by atoms with E-state index in [0.29, 0.717) is 15.0 Å². The van der Waals surface area contributed by atoms with Gasteiger partial charge in [-0.25, -0.2) is 0 Å². The molecule has 0 aliphatic heterocycles. The Morgan fingerprint density at radius 3 is 2.89 bits per heavy atom. The van der Waals surface area contributed by atoms with Gasteiger partial charge in [0.25, 0.3) is 0 Å². The Bertz CT molecular complexity index is 551. The van der Waals surface area contributed by atoms with Crippen LogP contribution in [0.25, 0.3) is 0 Å². The molecule has 0 bridgehead atoms. The van der Waals surface area contributed by atoms with Crippen LogP contribution in [-0.2, 0) is 0 Å². The summed E-state index contributed by atoms with van der Waals surface area (Å²) in [5.74, 6) is 1.30. The highest BCUT2D eigenvalue weighted by molar-refractivity contribution is 8.00. The Morgan fingerprint density at radius 2 is 2.22 bits per heavy atom. The first kappa shape index (κ1) is 13.5. The van der Waals surface area contributed by atoms with Crippen LogP contribution in [0.5, 0.6) is 5.75 Å². The first-order valence-corrected chi connectivity index (χ1v) is 7.42. The lowest BCUT2D eigenvalue weighted by atomic mass is 10.3. The minimum Gasteiger partial charge on any atom is -0.497 e. The SMILES string of the molecule is COc1cccc(SCC(=O)c2ccc(Cl)s2)c1. The van der Waals surface area contributed by atoms with Crippen LogP contribution in [0.3, 0.4) is 0 Å². The molecule has 2 aromatic rings.